The molecule has 0 amide bonds. The van der Waals surface area contributed by atoms with Gasteiger partial charge < -0.3 is 9.64 Å². The van der Waals surface area contributed by atoms with E-state index in [-0.39, 0.29) is 5.97 Å². The third-order valence-electron chi connectivity index (χ3n) is 3.67. The predicted molar refractivity (Wildman–Crippen MR) is 77.3 cm³/mol. The molecule has 0 radical (unpaired) electrons. The van der Waals surface area contributed by atoms with Gasteiger partial charge in [0.15, 0.2) is 0 Å². The van der Waals surface area contributed by atoms with Crippen LogP contribution in [0.25, 0.3) is 0 Å². The summed E-state index contributed by atoms with van der Waals surface area (Å²) in [7, 11) is 2.17. The Morgan fingerprint density at radius 3 is 2.42 bits per heavy atom. The summed E-state index contributed by atoms with van der Waals surface area (Å²) >= 11 is 0. The number of nitrogens with zero attached hydrogens (tertiary/aromatic N) is 3. The van der Waals surface area contributed by atoms with Crippen LogP contribution in [-0.2, 0) is 9.53 Å². The van der Waals surface area contributed by atoms with Gasteiger partial charge in [0.2, 0.25) is 0 Å². The minimum absolute atomic E-state index is 0.116. The lowest BCUT2D eigenvalue weighted by Crippen LogP contribution is -2.48. The zero-order valence-electron chi connectivity index (χ0n) is 12.9. The number of esters is 1. The maximum absolute atomic E-state index is 11.6. The van der Waals surface area contributed by atoms with E-state index in [9.17, 15) is 4.79 Å². The molecule has 0 aliphatic carbocycles. The second-order valence-corrected chi connectivity index (χ2v) is 5.51. The Morgan fingerprint density at radius 1 is 1.26 bits per heavy atom. The molecule has 0 unspecified atom stereocenters. The Labute approximate surface area is 117 Å². The van der Waals surface area contributed by atoms with Crippen molar-refractivity contribution >= 4 is 5.97 Å². The van der Waals surface area contributed by atoms with Crippen molar-refractivity contribution in [2.75, 3.05) is 59.5 Å². The minimum Gasteiger partial charge on any atom is -0.465 e. The average molecular weight is 271 g/mol. The first-order chi connectivity index (χ1) is 9.02. The molecule has 0 N–H and O–H groups in total. The van der Waals surface area contributed by atoms with E-state index in [4.69, 9.17) is 4.74 Å². The summed E-state index contributed by atoms with van der Waals surface area (Å²) in [6.45, 7) is 13.5. The first kappa shape index (κ1) is 16.4. The van der Waals surface area contributed by atoms with E-state index in [1.54, 1.807) is 0 Å². The molecular weight excluding hydrogens is 242 g/mol. The lowest BCUT2D eigenvalue weighted by atomic mass is 10.3. The smallest absolute Gasteiger partial charge is 0.320 e. The van der Waals surface area contributed by atoms with Crippen LogP contribution in [0.2, 0.25) is 0 Å². The standard InChI is InChI=1S/C14H29N3O2/c1-5-19-14(18)12-17(13(2)3)11-10-16-8-6-15(4)7-9-16/h13H,5-12H2,1-4H3. The molecule has 0 aromatic carbocycles. The number of likely N-dealkylation sites (N-methyl/N-ethyl adjacent to an activating group) is 1. The van der Waals surface area contributed by atoms with Gasteiger partial charge in [-0.1, -0.05) is 0 Å². The number of piperazine rings is 1. The van der Waals surface area contributed by atoms with Crippen molar-refractivity contribution in [3.8, 4) is 0 Å². The molecule has 1 fully saturated rings. The largest absolute Gasteiger partial charge is 0.465 e. The normalized spacial score (nSPS) is 18.2. The molecule has 1 rings (SSSR count). The number of hydrogen-bond donors (Lipinski definition) is 0. The highest BCUT2D eigenvalue weighted by Gasteiger charge is 2.18. The molecule has 1 aliphatic rings. The monoisotopic (exact) mass is 271 g/mol. The van der Waals surface area contributed by atoms with Gasteiger partial charge >= 0.3 is 5.97 Å². The average Bonchev–Trinajstić information content (AvgIpc) is 2.36. The van der Waals surface area contributed by atoms with Gasteiger partial charge in [-0.3, -0.25) is 14.6 Å². The summed E-state index contributed by atoms with van der Waals surface area (Å²) in [4.78, 5) is 18.6. The third-order valence-corrected chi connectivity index (χ3v) is 3.67. The molecule has 0 saturated carbocycles. The van der Waals surface area contributed by atoms with E-state index in [0.717, 1.165) is 39.3 Å². The summed E-state index contributed by atoms with van der Waals surface area (Å²) in [6, 6.07) is 0.372. The molecule has 1 saturated heterocycles. The summed E-state index contributed by atoms with van der Waals surface area (Å²) in [5.74, 6) is -0.116. The molecule has 112 valence electrons. The summed E-state index contributed by atoms with van der Waals surface area (Å²) in [5, 5.41) is 0. The minimum atomic E-state index is -0.116. The van der Waals surface area contributed by atoms with Crippen molar-refractivity contribution in [1.29, 1.82) is 0 Å². The number of ether oxygens (including phenoxy) is 1. The van der Waals surface area contributed by atoms with Crippen LogP contribution in [0.1, 0.15) is 20.8 Å². The predicted octanol–water partition coefficient (Wildman–Crippen LogP) is 0.507. The third kappa shape index (κ3) is 6.36. The van der Waals surface area contributed by atoms with Crippen molar-refractivity contribution in [2.24, 2.45) is 0 Å². The molecule has 0 bridgehead atoms. The summed E-state index contributed by atoms with van der Waals surface area (Å²) < 4.78 is 5.03. The van der Waals surface area contributed by atoms with Crippen LogP contribution in [0.4, 0.5) is 0 Å². The molecule has 5 nitrogen and oxygen atoms in total. The first-order valence-electron chi connectivity index (χ1n) is 7.33. The van der Waals surface area contributed by atoms with Crippen molar-refractivity contribution in [3.05, 3.63) is 0 Å². The summed E-state index contributed by atoms with van der Waals surface area (Å²) in [6.07, 6.45) is 0. The van der Waals surface area contributed by atoms with Crippen LogP contribution < -0.4 is 0 Å². The molecule has 0 spiro atoms. The van der Waals surface area contributed by atoms with Crippen LogP contribution in [0.15, 0.2) is 0 Å². The molecule has 0 atom stereocenters. The van der Waals surface area contributed by atoms with Gasteiger partial charge in [-0.15, -0.1) is 0 Å². The van der Waals surface area contributed by atoms with Crippen LogP contribution in [0.3, 0.4) is 0 Å². The highest BCUT2D eigenvalue weighted by atomic mass is 16.5. The van der Waals surface area contributed by atoms with Crippen molar-refractivity contribution in [2.45, 2.75) is 26.8 Å². The lowest BCUT2D eigenvalue weighted by molar-refractivity contribution is -0.145. The van der Waals surface area contributed by atoms with Gasteiger partial charge in [0.05, 0.1) is 13.2 Å². The van der Waals surface area contributed by atoms with E-state index < -0.39 is 0 Å². The molecule has 0 aromatic heterocycles. The topological polar surface area (TPSA) is 36.0 Å². The number of rotatable bonds is 7. The van der Waals surface area contributed by atoms with Gasteiger partial charge in [0, 0.05) is 45.3 Å². The Hall–Kier alpha value is -0.650. The van der Waals surface area contributed by atoms with Gasteiger partial charge in [0.1, 0.15) is 0 Å². The SMILES string of the molecule is CCOC(=O)CN(CCN1CCN(C)CC1)C(C)C. The highest BCUT2D eigenvalue weighted by Crippen LogP contribution is 2.03. The van der Waals surface area contributed by atoms with Crippen molar-refractivity contribution < 1.29 is 9.53 Å². The van der Waals surface area contributed by atoms with E-state index in [1.807, 2.05) is 6.92 Å². The highest BCUT2D eigenvalue weighted by molar-refractivity contribution is 5.71. The molecule has 5 heteroatoms. The zero-order chi connectivity index (χ0) is 14.3. The maximum Gasteiger partial charge on any atom is 0.320 e. The molecule has 19 heavy (non-hydrogen) atoms. The molecule has 1 aliphatic heterocycles. The van der Waals surface area contributed by atoms with Crippen LogP contribution >= 0.6 is 0 Å². The second kappa shape index (κ2) is 8.51. The fourth-order valence-electron chi connectivity index (χ4n) is 2.23. The van der Waals surface area contributed by atoms with Gasteiger partial charge in [-0.2, -0.15) is 0 Å². The van der Waals surface area contributed by atoms with Crippen LogP contribution in [-0.4, -0.2) is 86.2 Å². The Kier molecular flexibility index (Phi) is 7.34. The quantitative estimate of drug-likeness (QED) is 0.631. The second-order valence-electron chi connectivity index (χ2n) is 5.51. The van der Waals surface area contributed by atoms with Gasteiger partial charge in [0.25, 0.3) is 0 Å². The first-order valence-corrected chi connectivity index (χ1v) is 7.33. The number of carbonyl (C=O) groups is 1. The summed E-state index contributed by atoms with van der Waals surface area (Å²) in [5.41, 5.74) is 0. The van der Waals surface area contributed by atoms with Gasteiger partial charge in [-0.05, 0) is 27.8 Å². The fourth-order valence-corrected chi connectivity index (χ4v) is 2.23. The van der Waals surface area contributed by atoms with E-state index in [1.165, 1.54) is 0 Å². The molecule has 0 aromatic rings. The van der Waals surface area contributed by atoms with Crippen LogP contribution in [0, 0.1) is 0 Å². The van der Waals surface area contributed by atoms with Gasteiger partial charge in [-0.25, -0.2) is 0 Å². The zero-order valence-corrected chi connectivity index (χ0v) is 12.9. The number of carbonyl (C=O) groups excluding carboxylic acids is 1. The van der Waals surface area contributed by atoms with Crippen molar-refractivity contribution in [1.82, 2.24) is 14.7 Å². The van der Waals surface area contributed by atoms with E-state index in [0.29, 0.717) is 19.2 Å². The van der Waals surface area contributed by atoms with Crippen LogP contribution in [0.5, 0.6) is 0 Å². The van der Waals surface area contributed by atoms with E-state index >= 15 is 0 Å². The Morgan fingerprint density at radius 2 is 1.89 bits per heavy atom. The molecule has 1 heterocycles. The number of hydrogen-bond acceptors (Lipinski definition) is 5. The fraction of sp³-hybridized carbons (Fsp3) is 0.929. The Bertz CT molecular complexity index is 263. The van der Waals surface area contributed by atoms with Crippen molar-refractivity contribution in [3.63, 3.8) is 0 Å². The maximum atomic E-state index is 11.6. The van der Waals surface area contributed by atoms with E-state index in [2.05, 4.69) is 35.6 Å². The molecular formula is C14H29N3O2. The lowest BCUT2D eigenvalue weighted by Gasteiger charge is -2.34. The Balaban J connectivity index is 2.31.